The molecule has 4 nitrogen and oxygen atoms in total. The minimum Gasteiger partial charge on any atom is -0.356 e. The molecule has 84 valence electrons. The Labute approximate surface area is 89.2 Å². The summed E-state index contributed by atoms with van der Waals surface area (Å²) >= 11 is 0. The topological polar surface area (TPSA) is 47.6 Å². The zero-order valence-corrected chi connectivity index (χ0v) is 8.88. The molecule has 0 aromatic heterocycles. The molecular weight excluding hydrogens is 194 g/mol. The Hall–Kier alpha value is -0.610. The summed E-state index contributed by atoms with van der Waals surface area (Å²) in [4.78, 5) is 22.2. The summed E-state index contributed by atoms with van der Waals surface area (Å²) in [5.74, 6) is 0.260. The minimum absolute atomic E-state index is 0.0614. The van der Waals surface area contributed by atoms with Crippen LogP contribution in [0.3, 0.4) is 0 Å². The van der Waals surface area contributed by atoms with Gasteiger partial charge in [-0.2, -0.15) is 0 Å². The van der Waals surface area contributed by atoms with Crippen LogP contribution < -0.4 is 5.32 Å². The molecule has 0 aromatic rings. The largest absolute Gasteiger partial charge is 0.356 e. The van der Waals surface area contributed by atoms with Crippen LogP contribution in [-0.2, 0) is 14.6 Å². The van der Waals surface area contributed by atoms with Crippen molar-refractivity contribution in [2.24, 2.45) is 5.41 Å². The third-order valence-electron chi connectivity index (χ3n) is 4.37. The fourth-order valence-electron chi connectivity index (χ4n) is 3.15. The molecule has 3 aliphatic rings. The molecule has 0 atom stereocenters. The number of rotatable bonds is 0. The lowest BCUT2D eigenvalue weighted by Crippen LogP contribution is -2.42. The molecule has 1 N–H and O–H groups in total. The SMILES string of the molecule is O=C1NCCC12CCC1(CCOO1)CC2. The molecule has 2 spiro atoms. The molecule has 1 amide bonds. The van der Waals surface area contributed by atoms with Crippen molar-refractivity contribution in [2.45, 2.75) is 44.1 Å². The van der Waals surface area contributed by atoms with E-state index >= 15 is 0 Å². The van der Waals surface area contributed by atoms with Gasteiger partial charge in [0.2, 0.25) is 5.91 Å². The van der Waals surface area contributed by atoms with Crippen LogP contribution in [0.5, 0.6) is 0 Å². The second kappa shape index (κ2) is 3.19. The summed E-state index contributed by atoms with van der Waals surface area (Å²) in [5.41, 5.74) is -0.134. The highest BCUT2D eigenvalue weighted by Gasteiger charge is 2.51. The van der Waals surface area contributed by atoms with Gasteiger partial charge in [-0.15, -0.1) is 0 Å². The molecule has 1 saturated carbocycles. The summed E-state index contributed by atoms with van der Waals surface area (Å²) in [5, 5.41) is 2.95. The van der Waals surface area contributed by atoms with Crippen LogP contribution in [-0.4, -0.2) is 24.7 Å². The van der Waals surface area contributed by atoms with E-state index < -0.39 is 0 Å². The zero-order valence-electron chi connectivity index (χ0n) is 8.88. The smallest absolute Gasteiger partial charge is 0.226 e. The quantitative estimate of drug-likeness (QED) is 0.612. The minimum atomic E-state index is -0.0722. The van der Waals surface area contributed by atoms with Crippen molar-refractivity contribution in [3.05, 3.63) is 0 Å². The van der Waals surface area contributed by atoms with Gasteiger partial charge in [0, 0.05) is 13.0 Å². The third-order valence-corrected chi connectivity index (χ3v) is 4.37. The number of hydrogen-bond acceptors (Lipinski definition) is 3. The lowest BCUT2D eigenvalue weighted by Gasteiger charge is -2.39. The summed E-state index contributed by atoms with van der Waals surface area (Å²) in [6.45, 7) is 1.56. The highest BCUT2D eigenvalue weighted by molar-refractivity contribution is 5.84. The summed E-state index contributed by atoms with van der Waals surface area (Å²) < 4.78 is 0. The molecule has 15 heavy (non-hydrogen) atoms. The fourth-order valence-corrected chi connectivity index (χ4v) is 3.15. The highest BCUT2D eigenvalue weighted by atomic mass is 17.2. The first kappa shape index (κ1) is 9.60. The standard InChI is InChI=1S/C11H17NO3/c13-9-10(5-7-12-9)1-3-11(4-2-10)6-8-14-15-11/h1-8H2,(H,12,13). The van der Waals surface area contributed by atoms with Crippen LogP contribution in [0, 0.1) is 5.41 Å². The Kier molecular flexibility index (Phi) is 2.04. The van der Waals surface area contributed by atoms with Crippen LogP contribution >= 0.6 is 0 Å². The molecule has 0 bridgehead atoms. The molecule has 2 heterocycles. The second-order valence-electron chi connectivity index (χ2n) is 5.12. The average molecular weight is 211 g/mol. The monoisotopic (exact) mass is 211 g/mol. The molecule has 3 fully saturated rings. The van der Waals surface area contributed by atoms with E-state index in [1.165, 1.54) is 0 Å². The van der Waals surface area contributed by atoms with Crippen molar-refractivity contribution in [3.63, 3.8) is 0 Å². The Morgan fingerprint density at radius 2 is 1.87 bits per heavy atom. The fraction of sp³-hybridized carbons (Fsp3) is 0.909. The molecule has 2 aliphatic heterocycles. The lowest BCUT2D eigenvalue weighted by molar-refractivity contribution is -0.317. The van der Waals surface area contributed by atoms with E-state index in [-0.39, 0.29) is 16.9 Å². The van der Waals surface area contributed by atoms with Gasteiger partial charge >= 0.3 is 0 Å². The predicted molar refractivity (Wildman–Crippen MR) is 52.9 cm³/mol. The molecule has 1 aliphatic carbocycles. The van der Waals surface area contributed by atoms with Crippen LogP contribution in [0.25, 0.3) is 0 Å². The van der Waals surface area contributed by atoms with Gasteiger partial charge in [0.1, 0.15) is 5.60 Å². The van der Waals surface area contributed by atoms with Crippen LogP contribution in [0.1, 0.15) is 38.5 Å². The molecule has 0 aromatic carbocycles. The maximum Gasteiger partial charge on any atom is 0.226 e. The second-order valence-corrected chi connectivity index (χ2v) is 5.12. The van der Waals surface area contributed by atoms with Crippen molar-refractivity contribution in [1.82, 2.24) is 5.32 Å². The van der Waals surface area contributed by atoms with E-state index in [1.807, 2.05) is 0 Å². The van der Waals surface area contributed by atoms with E-state index in [0.29, 0.717) is 6.61 Å². The predicted octanol–water partition coefficient (Wildman–Crippen LogP) is 1.16. The maximum absolute atomic E-state index is 11.8. The van der Waals surface area contributed by atoms with E-state index in [9.17, 15) is 4.79 Å². The van der Waals surface area contributed by atoms with Crippen molar-refractivity contribution in [3.8, 4) is 0 Å². The van der Waals surface area contributed by atoms with Crippen molar-refractivity contribution in [2.75, 3.05) is 13.2 Å². The first-order valence-electron chi connectivity index (χ1n) is 5.84. The van der Waals surface area contributed by atoms with E-state index in [0.717, 1.165) is 45.1 Å². The van der Waals surface area contributed by atoms with Gasteiger partial charge in [-0.05, 0) is 32.1 Å². The Morgan fingerprint density at radius 1 is 1.07 bits per heavy atom. The Balaban J connectivity index is 1.72. The van der Waals surface area contributed by atoms with Gasteiger partial charge < -0.3 is 5.32 Å². The third kappa shape index (κ3) is 1.39. The maximum atomic E-state index is 11.8. The van der Waals surface area contributed by atoms with Gasteiger partial charge in [-0.3, -0.25) is 4.79 Å². The number of hydrogen-bond donors (Lipinski definition) is 1. The van der Waals surface area contributed by atoms with Crippen molar-refractivity contribution < 1.29 is 14.6 Å². The zero-order chi connectivity index (χ0) is 10.4. The number of carbonyl (C=O) groups excluding carboxylic acids is 1. The molecule has 4 heteroatoms. The van der Waals surface area contributed by atoms with Gasteiger partial charge in [0.25, 0.3) is 0 Å². The summed E-state index contributed by atoms with van der Waals surface area (Å²) in [6, 6.07) is 0. The van der Waals surface area contributed by atoms with Crippen molar-refractivity contribution in [1.29, 1.82) is 0 Å². The molecule has 2 saturated heterocycles. The van der Waals surface area contributed by atoms with Gasteiger partial charge in [0.15, 0.2) is 0 Å². The summed E-state index contributed by atoms with van der Waals surface area (Å²) in [7, 11) is 0. The van der Waals surface area contributed by atoms with Crippen molar-refractivity contribution >= 4 is 5.91 Å². The van der Waals surface area contributed by atoms with E-state index in [2.05, 4.69) is 5.32 Å². The molecule has 0 unspecified atom stereocenters. The number of amides is 1. The highest BCUT2D eigenvalue weighted by Crippen LogP contribution is 2.49. The average Bonchev–Trinajstić information content (AvgIpc) is 2.82. The van der Waals surface area contributed by atoms with Gasteiger partial charge in [-0.25, -0.2) is 9.78 Å². The van der Waals surface area contributed by atoms with Crippen LogP contribution in [0.2, 0.25) is 0 Å². The van der Waals surface area contributed by atoms with Gasteiger partial charge in [-0.1, -0.05) is 0 Å². The van der Waals surface area contributed by atoms with E-state index in [4.69, 9.17) is 9.78 Å². The first-order valence-corrected chi connectivity index (χ1v) is 5.84. The molecular formula is C11H17NO3. The number of nitrogens with one attached hydrogen (secondary N) is 1. The summed E-state index contributed by atoms with van der Waals surface area (Å²) in [6.07, 6.45) is 5.86. The molecule has 0 radical (unpaired) electrons. The molecule has 3 rings (SSSR count). The van der Waals surface area contributed by atoms with E-state index in [1.54, 1.807) is 0 Å². The van der Waals surface area contributed by atoms with Crippen LogP contribution in [0.4, 0.5) is 0 Å². The first-order chi connectivity index (χ1) is 7.25. The normalized spacial score (nSPS) is 45.2. The Bertz CT molecular complexity index is 274. The Morgan fingerprint density at radius 3 is 2.40 bits per heavy atom. The van der Waals surface area contributed by atoms with Gasteiger partial charge in [0.05, 0.1) is 12.0 Å². The van der Waals surface area contributed by atoms with Crippen LogP contribution in [0.15, 0.2) is 0 Å². The number of carbonyl (C=O) groups is 1. The lowest BCUT2D eigenvalue weighted by atomic mass is 9.67.